The van der Waals surface area contributed by atoms with Crippen LogP contribution in [0.4, 0.5) is 5.82 Å². The number of likely N-dealkylation sites (N-methyl/N-ethyl adjacent to an activating group) is 1. The van der Waals surface area contributed by atoms with Crippen LogP contribution in [0.5, 0.6) is 0 Å². The molecule has 1 aliphatic heterocycles. The predicted octanol–water partition coefficient (Wildman–Crippen LogP) is 0.706. The van der Waals surface area contributed by atoms with Crippen molar-refractivity contribution in [3.63, 3.8) is 0 Å². The van der Waals surface area contributed by atoms with Crippen LogP contribution in [0.3, 0.4) is 0 Å². The lowest BCUT2D eigenvalue weighted by Crippen LogP contribution is -2.50. The van der Waals surface area contributed by atoms with E-state index in [1.165, 1.54) is 0 Å². The number of aromatic nitrogens is 2. The van der Waals surface area contributed by atoms with E-state index in [9.17, 15) is 4.79 Å². The molecule has 2 heterocycles. The number of rotatable bonds is 3. The van der Waals surface area contributed by atoms with Crippen LogP contribution in [0.2, 0.25) is 0 Å². The molecule has 114 valence electrons. The van der Waals surface area contributed by atoms with Crippen molar-refractivity contribution in [1.29, 1.82) is 0 Å². The Hall–Kier alpha value is -1.11. The lowest BCUT2D eigenvalue weighted by molar-refractivity contribution is -0.130. The van der Waals surface area contributed by atoms with Crippen molar-refractivity contribution in [2.24, 2.45) is 5.73 Å². The number of hydrogen-bond donors (Lipinski definition) is 1. The topological polar surface area (TPSA) is 75.3 Å². The third-order valence-corrected chi connectivity index (χ3v) is 3.39. The molecule has 0 radical (unpaired) electrons. The van der Waals surface area contributed by atoms with Gasteiger partial charge in [0.25, 0.3) is 0 Å². The summed E-state index contributed by atoms with van der Waals surface area (Å²) in [7, 11) is 1.82. The van der Waals surface area contributed by atoms with Gasteiger partial charge in [-0.3, -0.25) is 4.79 Å². The molecule has 1 aliphatic rings. The molecule has 8 heteroatoms. The largest absolute Gasteiger partial charge is 0.353 e. The Labute approximate surface area is 131 Å². The molecule has 2 rings (SSSR count). The summed E-state index contributed by atoms with van der Waals surface area (Å²) in [5.74, 6) is 0.858. The van der Waals surface area contributed by atoms with E-state index in [0.717, 1.165) is 31.7 Å². The highest BCUT2D eigenvalue weighted by atomic mass is 35.5. The highest BCUT2D eigenvalue weighted by molar-refractivity contribution is 5.85. The van der Waals surface area contributed by atoms with Gasteiger partial charge in [0.2, 0.25) is 5.91 Å². The van der Waals surface area contributed by atoms with Gasteiger partial charge in [-0.1, -0.05) is 0 Å². The Balaban J connectivity index is 0.00000180. The molecule has 1 unspecified atom stereocenters. The number of nitrogens with zero attached hydrogens (tertiary/aromatic N) is 4. The molecule has 20 heavy (non-hydrogen) atoms. The number of halogens is 2. The fraction of sp³-hybridized carbons (Fsp3) is 0.583. The highest BCUT2D eigenvalue weighted by Crippen LogP contribution is 2.19. The molecule has 0 spiro atoms. The van der Waals surface area contributed by atoms with Gasteiger partial charge in [0, 0.05) is 32.4 Å². The first-order valence-electron chi connectivity index (χ1n) is 6.20. The van der Waals surface area contributed by atoms with Crippen molar-refractivity contribution < 1.29 is 4.79 Å². The molecule has 0 bridgehead atoms. The van der Waals surface area contributed by atoms with Crippen molar-refractivity contribution in [2.75, 3.05) is 31.6 Å². The van der Waals surface area contributed by atoms with E-state index in [1.54, 1.807) is 11.1 Å². The van der Waals surface area contributed by atoms with Crippen molar-refractivity contribution in [3.8, 4) is 0 Å². The van der Waals surface area contributed by atoms with Crippen molar-refractivity contribution in [2.45, 2.75) is 18.9 Å². The third kappa shape index (κ3) is 4.47. The minimum Gasteiger partial charge on any atom is -0.353 e. The normalized spacial score (nSPS) is 17.7. The summed E-state index contributed by atoms with van der Waals surface area (Å²) >= 11 is 0. The smallest absolute Gasteiger partial charge is 0.236 e. The first-order valence-corrected chi connectivity index (χ1v) is 6.20. The summed E-state index contributed by atoms with van der Waals surface area (Å²) in [6.07, 6.45) is 3.72. The highest BCUT2D eigenvalue weighted by Gasteiger charge is 2.26. The molecule has 1 aromatic heterocycles. The number of piperidine rings is 1. The summed E-state index contributed by atoms with van der Waals surface area (Å²) in [4.78, 5) is 15.5. The van der Waals surface area contributed by atoms with Crippen LogP contribution in [-0.2, 0) is 4.79 Å². The second-order valence-electron chi connectivity index (χ2n) is 4.53. The monoisotopic (exact) mass is 321 g/mol. The van der Waals surface area contributed by atoms with E-state index in [4.69, 9.17) is 5.73 Å². The summed E-state index contributed by atoms with van der Waals surface area (Å²) in [6.45, 7) is 1.82. The molecule has 1 aromatic rings. The number of carbonyl (C=O) groups excluding carboxylic acids is 1. The minimum atomic E-state index is -0.0130. The Morgan fingerprint density at radius 1 is 1.55 bits per heavy atom. The van der Waals surface area contributed by atoms with Gasteiger partial charge in [0.1, 0.15) is 0 Å². The van der Waals surface area contributed by atoms with E-state index < -0.39 is 0 Å². The first kappa shape index (κ1) is 18.9. The van der Waals surface area contributed by atoms with Gasteiger partial charge in [0.15, 0.2) is 5.82 Å². The summed E-state index contributed by atoms with van der Waals surface area (Å²) in [5, 5.41) is 8.00. The average Bonchev–Trinajstić information content (AvgIpc) is 2.46. The zero-order chi connectivity index (χ0) is 13.0. The molecule has 1 atom stereocenters. The van der Waals surface area contributed by atoms with Crippen LogP contribution in [-0.4, -0.2) is 53.7 Å². The fourth-order valence-corrected chi connectivity index (χ4v) is 2.29. The maximum absolute atomic E-state index is 11.6. The van der Waals surface area contributed by atoms with Gasteiger partial charge in [-0.15, -0.1) is 29.9 Å². The van der Waals surface area contributed by atoms with Gasteiger partial charge in [-0.25, -0.2) is 0 Å². The van der Waals surface area contributed by atoms with E-state index in [1.807, 2.05) is 19.2 Å². The van der Waals surface area contributed by atoms with Gasteiger partial charge < -0.3 is 15.5 Å². The Morgan fingerprint density at radius 3 is 2.90 bits per heavy atom. The number of hydrogen-bond acceptors (Lipinski definition) is 5. The lowest BCUT2D eigenvalue weighted by Gasteiger charge is -2.37. The SMILES string of the molecule is CN(C(=O)CN)C1CCCN(c2cccnn2)C1.Cl.Cl. The van der Waals surface area contributed by atoms with Crippen LogP contribution in [0, 0.1) is 0 Å². The van der Waals surface area contributed by atoms with Gasteiger partial charge in [0.05, 0.1) is 6.54 Å². The van der Waals surface area contributed by atoms with Crippen molar-refractivity contribution >= 4 is 36.5 Å². The van der Waals surface area contributed by atoms with Crippen LogP contribution in [0.1, 0.15) is 12.8 Å². The molecular weight excluding hydrogens is 301 g/mol. The Morgan fingerprint density at radius 2 is 2.30 bits per heavy atom. The summed E-state index contributed by atoms with van der Waals surface area (Å²) in [6, 6.07) is 4.03. The van der Waals surface area contributed by atoms with E-state index in [0.29, 0.717) is 0 Å². The maximum atomic E-state index is 11.6. The summed E-state index contributed by atoms with van der Waals surface area (Å²) < 4.78 is 0. The van der Waals surface area contributed by atoms with E-state index in [2.05, 4.69) is 15.1 Å². The molecule has 0 aromatic carbocycles. The number of anilines is 1. The zero-order valence-corrected chi connectivity index (χ0v) is 13.1. The van der Waals surface area contributed by atoms with Crippen molar-refractivity contribution in [1.82, 2.24) is 15.1 Å². The maximum Gasteiger partial charge on any atom is 0.236 e. The van der Waals surface area contributed by atoms with Crippen LogP contribution in [0.15, 0.2) is 18.3 Å². The lowest BCUT2D eigenvalue weighted by atomic mass is 10.0. The Bertz CT molecular complexity index is 406. The minimum absolute atomic E-state index is 0. The average molecular weight is 322 g/mol. The third-order valence-electron chi connectivity index (χ3n) is 3.39. The van der Waals surface area contributed by atoms with Gasteiger partial charge in [-0.2, -0.15) is 5.10 Å². The molecule has 6 nitrogen and oxygen atoms in total. The predicted molar refractivity (Wildman–Crippen MR) is 83.6 cm³/mol. The number of nitrogens with two attached hydrogens (primary N) is 1. The molecule has 0 saturated carbocycles. The van der Waals surface area contributed by atoms with E-state index >= 15 is 0 Å². The van der Waals surface area contributed by atoms with Gasteiger partial charge >= 0.3 is 0 Å². The fourth-order valence-electron chi connectivity index (χ4n) is 2.29. The second-order valence-corrected chi connectivity index (χ2v) is 4.53. The van der Waals surface area contributed by atoms with E-state index in [-0.39, 0.29) is 43.3 Å². The van der Waals surface area contributed by atoms with Gasteiger partial charge in [-0.05, 0) is 25.0 Å². The first-order chi connectivity index (χ1) is 8.72. The number of amides is 1. The second kappa shape index (κ2) is 8.94. The molecule has 2 N–H and O–H groups in total. The molecule has 0 aliphatic carbocycles. The molecular formula is C12H21Cl2N5O. The zero-order valence-electron chi connectivity index (χ0n) is 11.4. The van der Waals surface area contributed by atoms with Crippen LogP contribution in [0.25, 0.3) is 0 Å². The number of carbonyl (C=O) groups is 1. The quantitative estimate of drug-likeness (QED) is 0.887. The standard InChI is InChI=1S/C12H19N5O.2ClH/c1-16(12(18)8-13)10-4-3-7-17(9-10)11-5-2-6-14-15-11;;/h2,5-6,10H,3-4,7-9,13H2,1H3;2*1H. The molecule has 1 saturated heterocycles. The van der Waals surface area contributed by atoms with Crippen molar-refractivity contribution in [3.05, 3.63) is 18.3 Å². The van der Waals surface area contributed by atoms with Crippen LogP contribution >= 0.6 is 24.8 Å². The Kier molecular flexibility index (Phi) is 8.45. The molecule has 1 fully saturated rings. The molecule has 1 amide bonds. The van der Waals surface area contributed by atoms with Crippen LogP contribution < -0.4 is 10.6 Å². The summed E-state index contributed by atoms with van der Waals surface area (Å²) in [5.41, 5.74) is 5.40.